The first-order chi connectivity index (χ1) is 9.93. The van der Waals surface area contributed by atoms with Gasteiger partial charge in [0, 0.05) is 24.2 Å². The standard InChI is InChI=1S/C14H18N4O3/c1-8(2)12(7-15)14-16-13(17-21-14)11-6-10(18(19)20)5-4-9(11)3/h4-6,8,12H,7,15H2,1-3H3. The molecule has 7 heteroatoms. The fourth-order valence-electron chi connectivity index (χ4n) is 2.12. The van der Waals surface area contributed by atoms with Gasteiger partial charge in [-0.2, -0.15) is 4.98 Å². The maximum absolute atomic E-state index is 10.9. The average molecular weight is 290 g/mol. The molecular weight excluding hydrogens is 272 g/mol. The van der Waals surface area contributed by atoms with Crippen molar-refractivity contribution < 1.29 is 9.45 Å². The van der Waals surface area contributed by atoms with Crippen LogP contribution in [0.2, 0.25) is 0 Å². The highest BCUT2D eigenvalue weighted by molar-refractivity contribution is 5.63. The Kier molecular flexibility index (Phi) is 4.32. The van der Waals surface area contributed by atoms with E-state index in [4.69, 9.17) is 10.3 Å². The second-order valence-electron chi connectivity index (χ2n) is 5.30. The highest BCUT2D eigenvalue weighted by Crippen LogP contribution is 2.28. The van der Waals surface area contributed by atoms with Gasteiger partial charge in [-0.05, 0) is 18.4 Å². The van der Waals surface area contributed by atoms with Crippen LogP contribution in [0.4, 0.5) is 5.69 Å². The fraction of sp³-hybridized carbons (Fsp3) is 0.429. The van der Waals surface area contributed by atoms with E-state index >= 15 is 0 Å². The zero-order valence-electron chi connectivity index (χ0n) is 12.2. The largest absolute Gasteiger partial charge is 0.339 e. The van der Waals surface area contributed by atoms with Gasteiger partial charge in [-0.25, -0.2) is 0 Å². The first kappa shape index (κ1) is 15.1. The normalized spacial score (nSPS) is 12.6. The topological polar surface area (TPSA) is 108 Å². The minimum atomic E-state index is -0.444. The summed E-state index contributed by atoms with van der Waals surface area (Å²) in [5.41, 5.74) is 7.18. The molecule has 0 fully saturated rings. The second-order valence-corrected chi connectivity index (χ2v) is 5.30. The highest BCUT2D eigenvalue weighted by atomic mass is 16.6. The molecule has 112 valence electrons. The van der Waals surface area contributed by atoms with Gasteiger partial charge >= 0.3 is 0 Å². The molecule has 0 aliphatic carbocycles. The Bertz CT molecular complexity index is 651. The van der Waals surface area contributed by atoms with Crippen LogP contribution in [-0.2, 0) is 0 Å². The van der Waals surface area contributed by atoms with Crippen LogP contribution in [0.15, 0.2) is 22.7 Å². The Balaban J connectivity index is 2.42. The lowest BCUT2D eigenvalue weighted by molar-refractivity contribution is -0.384. The highest BCUT2D eigenvalue weighted by Gasteiger charge is 2.22. The molecule has 2 aromatic rings. The number of aromatic nitrogens is 2. The number of nitrogens with two attached hydrogens (primary N) is 1. The lowest BCUT2D eigenvalue weighted by Crippen LogP contribution is -2.18. The molecule has 0 spiro atoms. The molecule has 1 aromatic carbocycles. The van der Waals surface area contributed by atoms with Gasteiger partial charge in [-0.15, -0.1) is 0 Å². The summed E-state index contributed by atoms with van der Waals surface area (Å²) in [5, 5.41) is 14.8. The van der Waals surface area contributed by atoms with Crippen LogP contribution in [0.3, 0.4) is 0 Å². The molecule has 0 radical (unpaired) electrons. The van der Waals surface area contributed by atoms with Gasteiger partial charge in [0.1, 0.15) is 0 Å². The van der Waals surface area contributed by atoms with Crippen LogP contribution in [-0.4, -0.2) is 21.6 Å². The molecule has 0 amide bonds. The van der Waals surface area contributed by atoms with Crippen LogP contribution in [0.1, 0.15) is 31.2 Å². The lowest BCUT2D eigenvalue weighted by atomic mass is 9.96. The van der Waals surface area contributed by atoms with Crippen molar-refractivity contribution in [1.82, 2.24) is 10.1 Å². The summed E-state index contributed by atoms with van der Waals surface area (Å²) in [6.45, 7) is 6.31. The number of benzene rings is 1. The van der Waals surface area contributed by atoms with Gasteiger partial charge in [0.15, 0.2) is 0 Å². The molecule has 7 nitrogen and oxygen atoms in total. The van der Waals surface area contributed by atoms with Crippen molar-refractivity contribution in [2.75, 3.05) is 6.54 Å². The summed E-state index contributed by atoms with van der Waals surface area (Å²) in [6.07, 6.45) is 0. The van der Waals surface area contributed by atoms with Gasteiger partial charge in [-0.1, -0.05) is 25.1 Å². The number of hydrogen-bond acceptors (Lipinski definition) is 6. The van der Waals surface area contributed by atoms with E-state index in [1.165, 1.54) is 12.1 Å². The summed E-state index contributed by atoms with van der Waals surface area (Å²) < 4.78 is 5.28. The monoisotopic (exact) mass is 290 g/mol. The van der Waals surface area contributed by atoms with E-state index in [2.05, 4.69) is 10.1 Å². The molecule has 0 aliphatic heterocycles. The number of non-ortho nitro benzene ring substituents is 1. The van der Waals surface area contributed by atoms with Crippen molar-refractivity contribution in [2.24, 2.45) is 11.7 Å². The van der Waals surface area contributed by atoms with Crippen molar-refractivity contribution in [1.29, 1.82) is 0 Å². The summed E-state index contributed by atoms with van der Waals surface area (Å²) in [5.74, 6) is 1.07. The third kappa shape index (κ3) is 3.08. The van der Waals surface area contributed by atoms with Crippen molar-refractivity contribution in [3.8, 4) is 11.4 Å². The Hall–Kier alpha value is -2.28. The second kappa shape index (κ2) is 6.01. The summed E-state index contributed by atoms with van der Waals surface area (Å²) in [6, 6.07) is 4.58. The summed E-state index contributed by atoms with van der Waals surface area (Å²) in [4.78, 5) is 14.8. The van der Waals surface area contributed by atoms with E-state index in [0.29, 0.717) is 23.8 Å². The minimum absolute atomic E-state index is 0.00110. The predicted molar refractivity (Wildman–Crippen MR) is 77.8 cm³/mol. The van der Waals surface area contributed by atoms with Crippen LogP contribution in [0.5, 0.6) is 0 Å². The molecule has 0 saturated heterocycles. The Labute approximate surface area is 122 Å². The molecule has 1 aromatic heterocycles. The third-order valence-electron chi connectivity index (χ3n) is 3.49. The van der Waals surface area contributed by atoms with E-state index in [1.54, 1.807) is 6.07 Å². The number of nitrogens with zero attached hydrogens (tertiary/aromatic N) is 3. The molecule has 0 aliphatic rings. The number of hydrogen-bond donors (Lipinski definition) is 1. The minimum Gasteiger partial charge on any atom is -0.339 e. The van der Waals surface area contributed by atoms with Crippen molar-refractivity contribution in [3.63, 3.8) is 0 Å². The molecule has 1 unspecified atom stereocenters. The Morgan fingerprint density at radius 3 is 2.71 bits per heavy atom. The zero-order valence-corrected chi connectivity index (χ0v) is 12.2. The summed E-state index contributed by atoms with van der Waals surface area (Å²) >= 11 is 0. The molecule has 2 N–H and O–H groups in total. The van der Waals surface area contributed by atoms with E-state index < -0.39 is 4.92 Å². The Morgan fingerprint density at radius 2 is 2.14 bits per heavy atom. The molecule has 0 saturated carbocycles. The van der Waals surface area contributed by atoms with Gasteiger partial charge in [0.25, 0.3) is 5.69 Å². The van der Waals surface area contributed by atoms with Crippen molar-refractivity contribution in [2.45, 2.75) is 26.7 Å². The Morgan fingerprint density at radius 1 is 1.43 bits per heavy atom. The van der Waals surface area contributed by atoms with Crippen LogP contribution in [0.25, 0.3) is 11.4 Å². The number of aryl methyl sites for hydroxylation is 1. The lowest BCUT2D eigenvalue weighted by Gasteiger charge is -2.13. The van der Waals surface area contributed by atoms with Gasteiger partial charge in [-0.3, -0.25) is 10.1 Å². The first-order valence-corrected chi connectivity index (χ1v) is 6.73. The van der Waals surface area contributed by atoms with Crippen LogP contribution < -0.4 is 5.73 Å². The quantitative estimate of drug-likeness (QED) is 0.669. The predicted octanol–water partition coefficient (Wildman–Crippen LogP) is 2.65. The number of rotatable bonds is 5. The zero-order chi connectivity index (χ0) is 15.6. The molecule has 0 bridgehead atoms. The molecule has 1 atom stereocenters. The van der Waals surface area contributed by atoms with Gasteiger partial charge in [0.05, 0.1) is 10.8 Å². The number of nitro groups is 1. The fourth-order valence-corrected chi connectivity index (χ4v) is 2.12. The molecule has 1 heterocycles. The molecule has 2 rings (SSSR count). The number of nitro benzene ring substituents is 1. The molecule has 21 heavy (non-hydrogen) atoms. The SMILES string of the molecule is Cc1ccc([N+](=O)[O-])cc1-c1noc(C(CN)C(C)C)n1. The third-order valence-corrected chi connectivity index (χ3v) is 3.49. The van der Waals surface area contributed by atoms with E-state index in [1.807, 2.05) is 20.8 Å². The maximum atomic E-state index is 10.9. The summed E-state index contributed by atoms with van der Waals surface area (Å²) in [7, 11) is 0. The van der Waals surface area contributed by atoms with E-state index in [9.17, 15) is 10.1 Å². The van der Waals surface area contributed by atoms with Crippen LogP contribution >= 0.6 is 0 Å². The van der Waals surface area contributed by atoms with Crippen molar-refractivity contribution in [3.05, 3.63) is 39.8 Å². The van der Waals surface area contributed by atoms with Crippen LogP contribution in [0, 0.1) is 23.0 Å². The van der Waals surface area contributed by atoms with Gasteiger partial charge < -0.3 is 10.3 Å². The van der Waals surface area contributed by atoms with Gasteiger partial charge in [0.2, 0.25) is 11.7 Å². The van der Waals surface area contributed by atoms with Crippen molar-refractivity contribution >= 4 is 5.69 Å². The smallest absolute Gasteiger partial charge is 0.270 e. The molecular formula is C14H18N4O3. The average Bonchev–Trinajstić information content (AvgIpc) is 2.88. The van der Waals surface area contributed by atoms with E-state index in [-0.39, 0.29) is 17.5 Å². The maximum Gasteiger partial charge on any atom is 0.270 e. The van der Waals surface area contributed by atoms with E-state index in [0.717, 1.165) is 5.56 Å². The first-order valence-electron chi connectivity index (χ1n) is 6.73.